The Morgan fingerprint density at radius 1 is 0.581 bits per heavy atom. The molecule has 2 aromatic rings. The number of benzene rings is 2. The van der Waals surface area contributed by atoms with E-state index in [1.54, 1.807) is 0 Å². The summed E-state index contributed by atoms with van der Waals surface area (Å²) in [4.78, 5) is 0. The van der Waals surface area contributed by atoms with E-state index in [2.05, 4.69) is 52.8 Å². The van der Waals surface area contributed by atoms with Crippen LogP contribution in [0, 0.1) is 6.92 Å². The van der Waals surface area contributed by atoms with Crippen LogP contribution in [0.1, 0.15) is 107 Å². The fourth-order valence-corrected chi connectivity index (χ4v) is 4.55. The lowest BCUT2D eigenvalue weighted by molar-refractivity contribution is 0.780. The van der Waals surface area contributed by atoms with Crippen molar-refractivity contribution in [3.63, 3.8) is 0 Å². The number of hydrogen-bond donors (Lipinski definition) is 2. The molecule has 0 bridgehead atoms. The Morgan fingerprint density at radius 3 is 1.45 bits per heavy atom. The smallest absolute Gasteiger partial charge is 0.0382 e. The molecular formula is C29H46N2. The van der Waals surface area contributed by atoms with Crippen molar-refractivity contribution in [3.8, 4) is 11.1 Å². The number of nitrogen functional groups attached to an aromatic ring is 2. The molecule has 0 spiro atoms. The van der Waals surface area contributed by atoms with Crippen molar-refractivity contribution in [3.05, 3.63) is 46.0 Å². The Balaban J connectivity index is 2.65. The van der Waals surface area contributed by atoms with Crippen molar-refractivity contribution in [2.75, 3.05) is 11.5 Å². The molecule has 0 atom stereocenters. The van der Waals surface area contributed by atoms with Crippen LogP contribution < -0.4 is 11.5 Å². The van der Waals surface area contributed by atoms with Crippen LogP contribution in [0.4, 0.5) is 11.4 Å². The average molecular weight is 423 g/mol. The highest BCUT2D eigenvalue weighted by atomic mass is 14.6. The van der Waals surface area contributed by atoms with Gasteiger partial charge in [0, 0.05) is 11.4 Å². The van der Waals surface area contributed by atoms with E-state index in [1.165, 1.54) is 90.3 Å². The first-order valence-electron chi connectivity index (χ1n) is 12.8. The van der Waals surface area contributed by atoms with Crippen molar-refractivity contribution >= 4 is 11.4 Å². The van der Waals surface area contributed by atoms with Crippen molar-refractivity contribution in [1.82, 2.24) is 0 Å². The lowest BCUT2D eigenvalue weighted by Gasteiger charge is -2.21. The molecule has 2 aromatic carbocycles. The third kappa shape index (κ3) is 6.51. The molecule has 0 aromatic heterocycles. The van der Waals surface area contributed by atoms with E-state index in [0.717, 1.165) is 37.1 Å². The maximum atomic E-state index is 6.71. The largest absolute Gasteiger partial charge is 0.398 e. The second-order valence-corrected chi connectivity index (χ2v) is 9.22. The maximum absolute atomic E-state index is 6.71. The minimum atomic E-state index is 1.02. The third-order valence-corrected chi connectivity index (χ3v) is 6.69. The molecule has 4 N–H and O–H groups in total. The highest BCUT2D eigenvalue weighted by molar-refractivity contribution is 5.78. The number of unbranched alkanes of at least 4 members (excludes halogenated alkanes) is 4. The zero-order valence-corrected chi connectivity index (χ0v) is 20.9. The second kappa shape index (κ2) is 12.8. The molecule has 0 heterocycles. The van der Waals surface area contributed by atoms with E-state index >= 15 is 0 Å². The summed E-state index contributed by atoms with van der Waals surface area (Å²) in [5.74, 6) is 0. The number of aryl methyl sites for hydroxylation is 3. The first-order valence-corrected chi connectivity index (χ1v) is 12.8. The Kier molecular flexibility index (Phi) is 10.4. The molecule has 31 heavy (non-hydrogen) atoms. The maximum Gasteiger partial charge on any atom is 0.0382 e. The van der Waals surface area contributed by atoms with E-state index < -0.39 is 0 Å². The van der Waals surface area contributed by atoms with Gasteiger partial charge in [-0.25, -0.2) is 0 Å². The number of hydrogen-bond acceptors (Lipinski definition) is 2. The van der Waals surface area contributed by atoms with Gasteiger partial charge in [-0.3, -0.25) is 0 Å². The molecule has 0 amide bonds. The fourth-order valence-electron chi connectivity index (χ4n) is 4.55. The van der Waals surface area contributed by atoms with Gasteiger partial charge in [-0.15, -0.1) is 0 Å². The number of nitrogens with two attached hydrogens (primary N) is 2. The standard InChI is InChI=1S/C29H46N2/c1-6-10-14-22-18-25(19-23(28(22)30)15-11-7-2)27-20-24(16-12-8-3)29(31)26(21(27)5)17-13-9-4/h18-20H,6-17,30-31H2,1-5H3. The lowest BCUT2D eigenvalue weighted by Crippen LogP contribution is -2.06. The molecule has 0 fully saturated rings. The topological polar surface area (TPSA) is 52.0 Å². The summed E-state index contributed by atoms with van der Waals surface area (Å²) in [5.41, 5.74) is 24.8. The predicted octanol–water partition coefficient (Wildman–Crippen LogP) is 8.20. The molecule has 2 heteroatoms. The zero-order chi connectivity index (χ0) is 22.8. The molecular weight excluding hydrogens is 376 g/mol. The second-order valence-electron chi connectivity index (χ2n) is 9.22. The van der Waals surface area contributed by atoms with Crippen LogP contribution in [0.25, 0.3) is 11.1 Å². The van der Waals surface area contributed by atoms with Gasteiger partial charge in [0.15, 0.2) is 0 Å². The van der Waals surface area contributed by atoms with Gasteiger partial charge in [-0.05, 0) is 115 Å². The predicted molar refractivity (Wildman–Crippen MR) is 140 cm³/mol. The number of anilines is 2. The third-order valence-electron chi connectivity index (χ3n) is 6.69. The summed E-state index contributed by atoms with van der Waals surface area (Å²) in [6.45, 7) is 11.3. The van der Waals surface area contributed by atoms with Crippen molar-refractivity contribution in [1.29, 1.82) is 0 Å². The summed E-state index contributed by atoms with van der Waals surface area (Å²) in [5, 5.41) is 0. The van der Waals surface area contributed by atoms with Crippen LogP contribution in [-0.2, 0) is 25.7 Å². The highest BCUT2D eigenvalue weighted by Crippen LogP contribution is 2.37. The van der Waals surface area contributed by atoms with Gasteiger partial charge < -0.3 is 11.5 Å². The quantitative estimate of drug-likeness (QED) is 0.320. The molecule has 0 radical (unpaired) electrons. The van der Waals surface area contributed by atoms with E-state index in [4.69, 9.17) is 11.5 Å². The van der Waals surface area contributed by atoms with Crippen LogP contribution in [0.2, 0.25) is 0 Å². The van der Waals surface area contributed by atoms with Crippen molar-refractivity contribution in [2.24, 2.45) is 0 Å². The van der Waals surface area contributed by atoms with E-state index in [-0.39, 0.29) is 0 Å². The monoisotopic (exact) mass is 422 g/mol. The average Bonchev–Trinajstić information content (AvgIpc) is 2.77. The van der Waals surface area contributed by atoms with Gasteiger partial charge in [0.1, 0.15) is 0 Å². The fraction of sp³-hybridized carbons (Fsp3) is 0.586. The summed E-state index contributed by atoms with van der Waals surface area (Å²) < 4.78 is 0. The van der Waals surface area contributed by atoms with Gasteiger partial charge in [0.2, 0.25) is 0 Å². The van der Waals surface area contributed by atoms with Crippen LogP contribution in [-0.4, -0.2) is 0 Å². The Bertz CT molecular complexity index is 806. The Hall–Kier alpha value is -1.96. The molecule has 0 saturated carbocycles. The normalized spacial score (nSPS) is 11.3. The van der Waals surface area contributed by atoms with Gasteiger partial charge in [0.05, 0.1) is 0 Å². The van der Waals surface area contributed by atoms with Crippen molar-refractivity contribution in [2.45, 2.75) is 112 Å². The van der Waals surface area contributed by atoms with Crippen LogP contribution in [0.5, 0.6) is 0 Å². The lowest BCUT2D eigenvalue weighted by atomic mass is 9.86. The molecule has 0 aliphatic carbocycles. The minimum Gasteiger partial charge on any atom is -0.398 e. The van der Waals surface area contributed by atoms with Crippen LogP contribution in [0.15, 0.2) is 18.2 Å². The van der Waals surface area contributed by atoms with Crippen LogP contribution in [0.3, 0.4) is 0 Å². The van der Waals surface area contributed by atoms with Crippen LogP contribution >= 0.6 is 0 Å². The van der Waals surface area contributed by atoms with Gasteiger partial charge in [-0.2, -0.15) is 0 Å². The van der Waals surface area contributed by atoms with Gasteiger partial charge >= 0.3 is 0 Å². The first kappa shape index (κ1) is 25.3. The molecule has 0 aliphatic rings. The summed E-state index contributed by atoms with van der Waals surface area (Å²) >= 11 is 0. The zero-order valence-electron chi connectivity index (χ0n) is 20.9. The number of rotatable bonds is 13. The Morgan fingerprint density at radius 2 is 1.00 bits per heavy atom. The van der Waals surface area contributed by atoms with Crippen molar-refractivity contribution < 1.29 is 0 Å². The SMILES string of the molecule is CCCCc1cc(-c2cc(CCCC)c(N)c(CCCC)c2C)cc(CCCC)c1N. The highest BCUT2D eigenvalue weighted by Gasteiger charge is 2.17. The van der Waals surface area contributed by atoms with E-state index in [9.17, 15) is 0 Å². The van der Waals surface area contributed by atoms with Gasteiger partial charge in [-0.1, -0.05) is 53.4 Å². The molecule has 2 rings (SSSR count). The summed E-state index contributed by atoms with van der Waals surface area (Å²) in [6, 6.07) is 7.12. The van der Waals surface area contributed by atoms with E-state index in [1.807, 2.05) is 0 Å². The molecule has 0 aliphatic heterocycles. The molecule has 0 unspecified atom stereocenters. The molecule has 0 saturated heterocycles. The van der Waals surface area contributed by atoms with E-state index in [0.29, 0.717) is 0 Å². The summed E-state index contributed by atoms with van der Waals surface area (Å²) in [7, 11) is 0. The molecule has 2 nitrogen and oxygen atoms in total. The van der Waals surface area contributed by atoms with Gasteiger partial charge in [0.25, 0.3) is 0 Å². The Labute approximate surface area is 191 Å². The first-order chi connectivity index (χ1) is 15.0. The minimum absolute atomic E-state index is 1.02. The summed E-state index contributed by atoms with van der Waals surface area (Å²) in [6.07, 6.45) is 13.8. The molecule has 172 valence electrons.